The zero-order valence-corrected chi connectivity index (χ0v) is 10.7. The molecule has 3 rings (SSSR count). The molecule has 0 aliphatic rings. The Bertz CT molecular complexity index is 717. The maximum Gasteiger partial charge on any atom is 0.137 e. The van der Waals surface area contributed by atoms with E-state index in [4.69, 9.17) is 5.73 Å². The Kier molecular flexibility index (Phi) is 2.87. The molecular weight excluding hydrogens is 238 g/mol. The van der Waals surface area contributed by atoms with Crippen molar-refractivity contribution in [2.45, 2.75) is 19.8 Å². The lowest BCUT2D eigenvalue weighted by Gasteiger charge is -2.11. The molecule has 0 amide bonds. The summed E-state index contributed by atoms with van der Waals surface area (Å²) in [4.78, 5) is 12.8. The molecule has 0 fully saturated rings. The topological polar surface area (TPSA) is 69.1 Å². The Balaban J connectivity index is 2.27. The number of nitrogens with zero attached hydrogens (tertiary/aromatic N) is 4. The Hall–Kier alpha value is -2.43. The maximum absolute atomic E-state index is 5.99. The third-order valence-electron chi connectivity index (χ3n) is 3.15. The summed E-state index contributed by atoms with van der Waals surface area (Å²) in [6.45, 7) is 2.12. The van der Waals surface area contributed by atoms with Crippen LogP contribution in [0.15, 0.2) is 36.9 Å². The van der Waals surface area contributed by atoms with Crippen LogP contribution >= 0.6 is 0 Å². The highest BCUT2D eigenvalue weighted by molar-refractivity contribution is 5.67. The summed E-state index contributed by atoms with van der Waals surface area (Å²) < 4.78 is 2.01. The lowest BCUT2D eigenvalue weighted by atomic mass is 10.1. The van der Waals surface area contributed by atoms with Gasteiger partial charge in [0.1, 0.15) is 17.8 Å². The SMILES string of the molecule is CCCc1c(N)ncnc1-c1cccc2nccn12. The monoisotopic (exact) mass is 253 g/mol. The summed E-state index contributed by atoms with van der Waals surface area (Å²) in [6, 6.07) is 5.97. The van der Waals surface area contributed by atoms with E-state index in [9.17, 15) is 0 Å². The number of pyridine rings is 1. The predicted molar refractivity (Wildman–Crippen MR) is 74.6 cm³/mol. The molecular formula is C14H15N5. The third kappa shape index (κ3) is 1.93. The van der Waals surface area contributed by atoms with Gasteiger partial charge in [-0.2, -0.15) is 0 Å². The van der Waals surface area contributed by atoms with Crippen LogP contribution < -0.4 is 5.73 Å². The molecule has 0 saturated heterocycles. The van der Waals surface area contributed by atoms with E-state index in [2.05, 4.69) is 21.9 Å². The molecule has 0 spiro atoms. The molecule has 0 saturated carbocycles. The molecule has 19 heavy (non-hydrogen) atoms. The largest absolute Gasteiger partial charge is 0.383 e. The number of hydrogen-bond acceptors (Lipinski definition) is 4. The first-order valence-electron chi connectivity index (χ1n) is 6.33. The number of hydrogen-bond donors (Lipinski definition) is 1. The van der Waals surface area contributed by atoms with Crippen LogP contribution in [-0.2, 0) is 6.42 Å². The van der Waals surface area contributed by atoms with E-state index in [0.717, 1.165) is 35.4 Å². The number of nitrogens with two attached hydrogens (primary N) is 1. The van der Waals surface area contributed by atoms with Crippen LogP contribution in [0.1, 0.15) is 18.9 Å². The van der Waals surface area contributed by atoms with Crippen LogP contribution in [0.5, 0.6) is 0 Å². The molecule has 0 aliphatic carbocycles. The van der Waals surface area contributed by atoms with Crippen molar-refractivity contribution in [3.63, 3.8) is 0 Å². The highest BCUT2D eigenvalue weighted by Crippen LogP contribution is 2.25. The summed E-state index contributed by atoms with van der Waals surface area (Å²) >= 11 is 0. The highest BCUT2D eigenvalue weighted by atomic mass is 15.0. The molecule has 5 heteroatoms. The Morgan fingerprint density at radius 2 is 2.11 bits per heavy atom. The number of fused-ring (bicyclic) bond motifs is 1. The van der Waals surface area contributed by atoms with Gasteiger partial charge < -0.3 is 5.73 Å². The van der Waals surface area contributed by atoms with Gasteiger partial charge in [-0.25, -0.2) is 15.0 Å². The second-order valence-electron chi connectivity index (χ2n) is 4.40. The van der Waals surface area contributed by atoms with Crippen LogP contribution in [0.2, 0.25) is 0 Å². The normalized spacial score (nSPS) is 11.0. The second-order valence-corrected chi connectivity index (χ2v) is 4.40. The van der Waals surface area contributed by atoms with E-state index in [1.807, 2.05) is 28.8 Å². The number of anilines is 1. The van der Waals surface area contributed by atoms with Crippen molar-refractivity contribution in [1.82, 2.24) is 19.4 Å². The van der Waals surface area contributed by atoms with Crippen molar-refractivity contribution in [3.05, 3.63) is 42.5 Å². The van der Waals surface area contributed by atoms with Gasteiger partial charge in [-0.1, -0.05) is 19.4 Å². The number of aromatic nitrogens is 4. The minimum atomic E-state index is 0.559. The molecule has 0 aromatic carbocycles. The van der Waals surface area contributed by atoms with Crippen LogP contribution in [0.3, 0.4) is 0 Å². The van der Waals surface area contributed by atoms with Gasteiger partial charge in [-0.3, -0.25) is 4.40 Å². The fraction of sp³-hybridized carbons (Fsp3) is 0.214. The number of rotatable bonds is 3. The van der Waals surface area contributed by atoms with Gasteiger partial charge in [0.25, 0.3) is 0 Å². The fourth-order valence-corrected chi connectivity index (χ4v) is 2.28. The standard InChI is InChI=1S/C14H15N5/c1-2-4-10-13(17-9-18-14(10)15)11-5-3-6-12-16-7-8-19(11)12/h3,5-9H,2,4H2,1H3,(H2,15,17,18). The summed E-state index contributed by atoms with van der Waals surface area (Å²) in [5.41, 5.74) is 9.77. The third-order valence-corrected chi connectivity index (χ3v) is 3.15. The van der Waals surface area contributed by atoms with Gasteiger partial charge in [-0.05, 0) is 18.6 Å². The van der Waals surface area contributed by atoms with Gasteiger partial charge >= 0.3 is 0 Å². The van der Waals surface area contributed by atoms with Crippen molar-refractivity contribution in [1.29, 1.82) is 0 Å². The minimum absolute atomic E-state index is 0.559. The highest BCUT2D eigenvalue weighted by Gasteiger charge is 2.13. The average Bonchev–Trinajstić information content (AvgIpc) is 2.89. The smallest absolute Gasteiger partial charge is 0.137 e. The Labute approximate surface area is 111 Å². The van der Waals surface area contributed by atoms with E-state index in [0.29, 0.717) is 5.82 Å². The van der Waals surface area contributed by atoms with Gasteiger partial charge in [0, 0.05) is 18.0 Å². The van der Waals surface area contributed by atoms with E-state index in [1.54, 1.807) is 6.20 Å². The first-order chi connectivity index (χ1) is 9.31. The van der Waals surface area contributed by atoms with Crippen LogP contribution in [0.25, 0.3) is 17.0 Å². The molecule has 0 atom stereocenters. The molecule has 96 valence electrons. The van der Waals surface area contributed by atoms with Crippen molar-refractivity contribution in [3.8, 4) is 11.4 Å². The van der Waals surface area contributed by atoms with Crippen molar-refractivity contribution < 1.29 is 0 Å². The lowest BCUT2D eigenvalue weighted by Crippen LogP contribution is -2.04. The molecule has 2 N–H and O–H groups in total. The van der Waals surface area contributed by atoms with Gasteiger partial charge in [-0.15, -0.1) is 0 Å². The van der Waals surface area contributed by atoms with E-state index in [-0.39, 0.29) is 0 Å². The molecule has 0 radical (unpaired) electrons. The first kappa shape index (κ1) is 11.6. The van der Waals surface area contributed by atoms with Crippen molar-refractivity contribution in [2.24, 2.45) is 0 Å². The molecule has 3 heterocycles. The van der Waals surface area contributed by atoms with Gasteiger partial charge in [0.05, 0.1) is 11.4 Å². The molecule has 0 aliphatic heterocycles. The molecule has 0 bridgehead atoms. The average molecular weight is 253 g/mol. The number of imidazole rings is 1. The minimum Gasteiger partial charge on any atom is -0.383 e. The van der Waals surface area contributed by atoms with E-state index < -0.39 is 0 Å². The predicted octanol–water partition coefficient (Wildman–Crippen LogP) is 2.33. The van der Waals surface area contributed by atoms with Crippen LogP contribution in [-0.4, -0.2) is 19.4 Å². The summed E-state index contributed by atoms with van der Waals surface area (Å²) in [7, 11) is 0. The fourth-order valence-electron chi connectivity index (χ4n) is 2.28. The number of nitrogen functional groups attached to an aromatic ring is 1. The quantitative estimate of drug-likeness (QED) is 0.777. The Morgan fingerprint density at radius 1 is 1.21 bits per heavy atom. The maximum atomic E-state index is 5.99. The van der Waals surface area contributed by atoms with E-state index in [1.165, 1.54) is 6.33 Å². The van der Waals surface area contributed by atoms with Gasteiger partial charge in [0.2, 0.25) is 0 Å². The first-order valence-corrected chi connectivity index (χ1v) is 6.33. The molecule has 3 aromatic rings. The van der Waals surface area contributed by atoms with E-state index >= 15 is 0 Å². The van der Waals surface area contributed by atoms with Crippen molar-refractivity contribution >= 4 is 11.5 Å². The van der Waals surface area contributed by atoms with Crippen LogP contribution in [0, 0.1) is 0 Å². The molecule has 5 nitrogen and oxygen atoms in total. The summed E-state index contributed by atoms with van der Waals surface area (Å²) in [5.74, 6) is 0.559. The van der Waals surface area contributed by atoms with Crippen LogP contribution in [0.4, 0.5) is 5.82 Å². The second kappa shape index (κ2) is 4.68. The van der Waals surface area contributed by atoms with Gasteiger partial charge in [0.15, 0.2) is 0 Å². The summed E-state index contributed by atoms with van der Waals surface area (Å²) in [5, 5.41) is 0. The molecule has 3 aromatic heterocycles. The summed E-state index contributed by atoms with van der Waals surface area (Å²) in [6.07, 6.45) is 7.10. The zero-order chi connectivity index (χ0) is 13.2. The van der Waals surface area contributed by atoms with Crippen molar-refractivity contribution in [2.75, 3.05) is 5.73 Å². The zero-order valence-electron chi connectivity index (χ0n) is 10.7. The lowest BCUT2D eigenvalue weighted by molar-refractivity contribution is 0.905. The molecule has 0 unspecified atom stereocenters. The Morgan fingerprint density at radius 3 is 2.95 bits per heavy atom.